The molecule has 0 aromatic heterocycles. The summed E-state index contributed by atoms with van der Waals surface area (Å²) < 4.78 is 12.6. The lowest BCUT2D eigenvalue weighted by molar-refractivity contribution is -0.570. The van der Waals surface area contributed by atoms with Crippen molar-refractivity contribution >= 4 is 11.8 Å². The fraction of sp³-hybridized carbons (Fsp3) is 0.846. The van der Waals surface area contributed by atoms with E-state index in [0.717, 1.165) is 12.8 Å². The lowest BCUT2D eigenvalue weighted by Gasteiger charge is -2.20. The van der Waals surface area contributed by atoms with E-state index in [-0.39, 0.29) is 6.61 Å². The Hall–Kier alpha value is -1.38. The van der Waals surface area contributed by atoms with Gasteiger partial charge in [-0.3, -0.25) is 0 Å². The van der Waals surface area contributed by atoms with Gasteiger partial charge in [-0.1, -0.05) is 87.5 Å². The molecule has 0 fully saturated rings. The van der Waals surface area contributed by atoms with Crippen molar-refractivity contribution in [3.05, 3.63) is 0 Å². The van der Waals surface area contributed by atoms with Gasteiger partial charge in [-0.25, -0.2) is 0 Å². The molecule has 0 spiro atoms. The molecule has 31 heavy (non-hydrogen) atoms. The minimum absolute atomic E-state index is 0.167. The van der Waals surface area contributed by atoms with Gasteiger partial charge in [-0.15, -0.1) is 0 Å². The molecule has 5 nitrogen and oxygen atoms in total. The van der Waals surface area contributed by atoms with Gasteiger partial charge < -0.3 is 14.6 Å². The summed E-state index contributed by atoms with van der Waals surface area (Å²) in [5, 5.41) is 10.5. The van der Waals surface area contributed by atoms with Crippen LogP contribution in [0.25, 0.3) is 0 Å². The number of carbonyl (C=O) groups is 1. The van der Waals surface area contributed by atoms with Crippen molar-refractivity contribution in [3.63, 3.8) is 0 Å². The van der Waals surface area contributed by atoms with E-state index in [1.54, 1.807) is 13.8 Å². The maximum absolute atomic E-state index is 12.6. The van der Waals surface area contributed by atoms with E-state index in [0.29, 0.717) is 5.71 Å². The molecule has 0 bridgehead atoms. The number of unbranched alkanes of at least 4 members (excludes halogenated alkanes) is 11. The van der Waals surface area contributed by atoms with Crippen LogP contribution in [-0.2, 0) is 9.47 Å². The predicted octanol–water partition coefficient (Wildman–Crippen LogP) is 6.21. The number of amides is 1. The van der Waals surface area contributed by atoms with Gasteiger partial charge in [0.1, 0.15) is 12.2 Å². The third-order valence-electron chi connectivity index (χ3n) is 5.43. The van der Waals surface area contributed by atoms with Gasteiger partial charge in [0.15, 0.2) is 6.10 Å². The first kappa shape index (κ1) is 27.7. The average molecular weight is 437 g/mol. The molecule has 1 aliphatic heterocycles. The normalized spacial score (nSPS) is 16.7. The summed E-state index contributed by atoms with van der Waals surface area (Å²) in [5.74, 6) is 5.96. The number of carbonyl (C=O) groups excluding carboxylic acids is 1. The number of nitrogens with zero attached hydrogens (tertiary/aromatic N) is 1. The number of hydrogen-bond donors (Lipinski definition) is 1. The molecule has 1 aliphatic rings. The Morgan fingerprint density at radius 2 is 1.58 bits per heavy atom. The molecule has 0 radical (unpaired) electrons. The summed E-state index contributed by atoms with van der Waals surface area (Å²) in [5.41, 5.74) is -1.03. The monoisotopic (exact) mass is 436 g/mol. The zero-order chi connectivity index (χ0) is 23.3. The van der Waals surface area contributed by atoms with E-state index in [2.05, 4.69) is 18.8 Å². The molecule has 1 rings (SSSR count). The van der Waals surface area contributed by atoms with Crippen LogP contribution >= 0.6 is 0 Å². The van der Waals surface area contributed by atoms with Crippen molar-refractivity contribution < 1.29 is 24.0 Å². The molecule has 1 N–H and O–H groups in total. The fourth-order valence-corrected chi connectivity index (χ4v) is 3.70. The molecule has 178 valence electrons. The maximum atomic E-state index is 12.6. The second-order valence-corrected chi connectivity index (χ2v) is 10.1. The van der Waals surface area contributed by atoms with Crippen LogP contribution < -0.4 is 0 Å². The largest absolute Gasteiger partial charge is 0.599 e. The lowest BCUT2D eigenvalue weighted by Crippen LogP contribution is -2.44. The third-order valence-corrected chi connectivity index (χ3v) is 5.43. The highest BCUT2D eigenvalue weighted by Gasteiger charge is 2.50. The van der Waals surface area contributed by atoms with E-state index in [1.165, 1.54) is 68.8 Å². The Labute approximate surface area is 190 Å². The molecule has 1 amide bonds. The van der Waals surface area contributed by atoms with Crippen molar-refractivity contribution in [3.8, 4) is 11.8 Å². The van der Waals surface area contributed by atoms with Crippen LogP contribution in [0, 0.1) is 11.8 Å². The molecule has 0 saturated carbocycles. The minimum atomic E-state index is -1.03. The summed E-state index contributed by atoms with van der Waals surface area (Å²) in [4.78, 5) is 12.6. The van der Waals surface area contributed by atoms with Gasteiger partial charge in [0.05, 0.1) is 0 Å². The fourth-order valence-electron chi connectivity index (χ4n) is 3.70. The minimum Gasteiger partial charge on any atom is -0.406 e. The molecule has 0 saturated heterocycles. The van der Waals surface area contributed by atoms with Crippen LogP contribution in [0.2, 0.25) is 0 Å². The van der Waals surface area contributed by atoms with Crippen molar-refractivity contribution in [2.75, 3.05) is 6.61 Å². The molecule has 1 atom stereocenters. The number of hydrogen-bond acceptors (Lipinski definition) is 4. The van der Waals surface area contributed by atoms with Crippen molar-refractivity contribution in [1.82, 2.24) is 0 Å². The summed E-state index contributed by atoms with van der Waals surface area (Å²) in [6.45, 7) is 11.5. The number of ether oxygens (including phenoxy) is 2. The summed E-state index contributed by atoms with van der Waals surface area (Å²) in [6.07, 6.45) is 13.5. The van der Waals surface area contributed by atoms with E-state index < -0.39 is 23.5 Å². The Kier molecular flexibility index (Phi) is 12.4. The Morgan fingerprint density at radius 3 is 2.10 bits per heavy atom. The third kappa shape index (κ3) is 11.2. The molecule has 1 heterocycles. The molecule has 0 aromatic carbocycles. The summed E-state index contributed by atoms with van der Waals surface area (Å²) >= 11 is 0. The Balaban J connectivity index is 2.37. The smallest absolute Gasteiger partial charge is 0.406 e. The van der Waals surface area contributed by atoms with Crippen LogP contribution in [0.15, 0.2) is 0 Å². The SMILES string of the molecule is CCCCCCCCCCCCCC#C[C@@H](O)C1=[N+](C(=O)OC(C)(C)C)C(C)(C)OC1. The van der Waals surface area contributed by atoms with E-state index in [4.69, 9.17) is 9.47 Å². The first-order valence-corrected chi connectivity index (χ1v) is 12.3. The van der Waals surface area contributed by atoms with Gasteiger partial charge in [0.2, 0.25) is 5.71 Å². The summed E-state index contributed by atoms with van der Waals surface area (Å²) in [6, 6.07) is 0. The van der Waals surface area contributed by atoms with Crippen molar-refractivity contribution in [2.45, 2.75) is 136 Å². The Morgan fingerprint density at radius 1 is 1.06 bits per heavy atom. The highest BCUT2D eigenvalue weighted by molar-refractivity contribution is 5.92. The zero-order valence-corrected chi connectivity index (χ0v) is 20.9. The van der Waals surface area contributed by atoms with Gasteiger partial charge in [-0.05, 0) is 27.2 Å². The zero-order valence-electron chi connectivity index (χ0n) is 20.9. The molecular formula is C26H46NO4+. The average Bonchev–Trinajstić information content (AvgIpc) is 2.99. The maximum Gasteiger partial charge on any atom is 0.599 e. The van der Waals surface area contributed by atoms with E-state index in [9.17, 15) is 9.90 Å². The topological polar surface area (TPSA) is 58.8 Å². The molecule has 0 unspecified atom stereocenters. The van der Waals surface area contributed by atoms with Crippen molar-refractivity contribution in [1.29, 1.82) is 0 Å². The lowest BCUT2D eigenvalue weighted by atomic mass is 10.1. The second kappa shape index (κ2) is 13.9. The van der Waals surface area contributed by atoms with Crippen LogP contribution in [0.1, 0.15) is 119 Å². The van der Waals surface area contributed by atoms with Gasteiger partial charge in [-0.2, -0.15) is 4.79 Å². The summed E-state index contributed by atoms with van der Waals surface area (Å²) in [7, 11) is 0. The molecule has 0 aromatic rings. The van der Waals surface area contributed by atoms with Crippen LogP contribution in [-0.4, -0.2) is 45.5 Å². The van der Waals surface area contributed by atoms with Gasteiger partial charge in [0, 0.05) is 20.3 Å². The first-order chi connectivity index (χ1) is 14.6. The van der Waals surface area contributed by atoms with Crippen LogP contribution in [0.3, 0.4) is 0 Å². The standard InChI is InChI=1S/C26H46NO4/c1-7-8-9-10-11-12-13-14-15-16-17-18-19-20-23(28)22-21-30-26(5,6)27(22)24(29)31-25(2,3)4/h23,28H,7-18,21H2,1-6H3/q+1/t23-/m1/s1. The quantitative estimate of drug-likeness (QED) is 0.225. The highest BCUT2D eigenvalue weighted by Crippen LogP contribution is 2.22. The molecule has 5 heteroatoms. The highest BCUT2D eigenvalue weighted by atomic mass is 16.6. The predicted molar refractivity (Wildman–Crippen MR) is 126 cm³/mol. The Bertz CT molecular complexity index is 634. The van der Waals surface area contributed by atoms with Crippen LogP contribution in [0.4, 0.5) is 4.79 Å². The van der Waals surface area contributed by atoms with Gasteiger partial charge in [0.25, 0.3) is 5.72 Å². The second-order valence-electron chi connectivity index (χ2n) is 10.1. The number of aliphatic hydroxyl groups excluding tert-OH is 1. The van der Waals surface area contributed by atoms with E-state index >= 15 is 0 Å². The number of rotatable bonds is 12. The van der Waals surface area contributed by atoms with Crippen molar-refractivity contribution in [2.24, 2.45) is 0 Å². The van der Waals surface area contributed by atoms with Crippen LogP contribution in [0.5, 0.6) is 0 Å². The first-order valence-electron chi connectivity index (χ1n) is 12.3. The molecule has 0 aliphatic carbocycles. The number of aliphatic hydroxyl groups is 1. The molecular weight excluding hydrogens is 390 g/mol. The van der Waals surface area contributed by atoms with E-state index in [1.807, 2.05) is 20.8 Å². The van der Waals surface area contributed by atoms with Gasteiger partial charge >= 0.3 is 6.09 Å².